The summed E-state index contributed by atoms with van der Waals surface area (Å²) in [4.78, 5) is 10.3. The largest absolute Gasteiger partial charge is 0.360 e. The highest BCUT2D eigenvalue weighted by Crippen LogP contribution is 2.26. The van der Waals surface area contributed by atoms with Gasteiger partial charge in [0.1, 0.15) is 0 Å². The highest BCUT2D eigenvalue weighted by Gasteiger charge is 1.98. The Hall–Kier alpha value is -0.130. The Kier molecular flexibility index (Phi) is 4.84. The first-order valence-electron chi connectivity index (χ1n) is 3.66. The fraction of sp³-hybridized carbons (Fsp3) is 0. The van der Waals surface area contributed by atoms with Crippen LogP contribution in [0.3, 0.4) is 0 Å². The monoisotopic (exact) mass is 381 g/mol. The maximum atomic E-state index is 10.3. The van der Waals surface area contributed by atoms with Crippen molar-refractivity contribution in [1.82, 2.24) is 0 Å². The van der Waals surface area contributed by atoms with Crippen LogP contribution in [-0.4, -0.2) is 6.29 Å². The van der Waals surface area contributed by atoms with E-state index in [-0.39, 0.29) is 0 Å². The van der Waals surface area contributed by atoms with E-state index in [0.29, 0.717) is 4.48 Å². The Bertz CT molecular complexity index is 376. The fourth-order valence-corrected chi connectivity index (χ4v) is 2.06. The van der Waals surface area contributed by atoms with Gasteiger partial charge in [-0.1, -0.05) is 15.9 Å². The minimum absolute atomic E-state index is 0.465. The number of nitrogens with one attached hydrogen (secondary N) is 1. The Morgan fingerprint density at radius 2 is 2.07 bits per heavy atom. The lowest BCUT2D eigenvalue weighted by molar-refractivity contribution is -0.104. The first-order valence-corrected chi connectivity index (χ1v) is 6.04. The molecule has 14 heavy (non-hydrogen) atoms. The molecule has 0 spiro atoms. The highest BCUT2D eigenvalue weighted by atomic mass is 79.9. The van der Waals surface area contributed by atoms with E-state index in [1.54, 1.807) is 6.20 Å². The number of benzene rings is 1. The molecule has 0 aliphatic heterocycles. The van der Waals surface area contributed by atoms with E-state index in [0.717, 1.165) is 20.9 Å². The van der Waals surface area contributed by atoms with Gasteiger partial charge in [0.25, 0.3) is 0 Å². The van der Waals surface area contributed by atoms with Crippen molar-refractivity contribution in [3.05, 3.63) is 37.8 Å². The molecule has 0 unspecified atom stereocenters. The van der Waals surface area contributed by atoms with E-state index in [4.69, 9.17) is 0 Å². The van der Waals surface area contributed by atoms with Gasteiger partial charge in [-0.15, -0.1) is 0 Å². The minimum Gasteiger partial charge on any atom is -0.360 e. The lowest BCUT2D eigenvalue weighted by Crippen LogP contribution is -1.90. The lowest BCUT2D eigenvalue weighted by Gasteiger charge is -2.04. The average Bonchev–Trinajstić information content (AvgIpc) is 2.16. The summed E-state index contributed by atoms with van der Waals surface area (Å²) in [5.41, 5.74) is 0.895. The van der Waals surface area contributed by atoms with Gasteiger partial charge in [0.2, 0.25) is 0 Å². The molecule has 0 saturated carbocycles. The summed E-state index contributed by atoms with van der Waals surface area (Å²) in [6.45, 7) is 0. The van der Waals surface area contributed by atoms with Gasteiger partial charge < -0.3 is 5.32 Å². The molecule has 74 valence electrons. The molecule has 0 aromatic heterocycles. The Morgan fingerprint density at radius 1 is 1.36 bits per heavy atom. The number of aldehydes is 1. The molecule has 0 radical (unpaired) electrons. The highest BCUT2D eigenvalue weighted by molar-refractivity contribution is 9.12. The molecule has 0 bridgehead atoms. The number of hydrogen-bond acceptors (Lipinski definition) is 2. The first-order chi connectivity index (χ1) is 6.63. The third-order valence-electron chi connectivity index (χ3n) is 1.41. The molecule has 1 aromatic carbocycles. The van der Waals surface area contributed by atoms with Crippen LogP contribution in [-0.2, 0) is 4.79 Å². The number of hydrogen-bond donors (Lipinski definition) is 1. The molecule has 2 nitrogen and oxygen atoms in total. The van der Waals surface area contributed by atoms with Crippen LogP contribution in [0.2, 0.25) is 0 Å². The first kappa shape index (κ1) is 11.9. The van der Waals surface area contributed by atoms with Crippen LogP contribution < -0.4 is 5.32 Å². The quantitative estimate of drug-likeness (QED) is 0.630. The van der Waals surface area contributed by atoms with Gasteiger partial charge >= 0.3 is 0 Å². The van der Waals surface area contributed by atoms with Gasteiger partial charge in [0.05, 0.1) is 10.2 Å². The van der Waals surface area contributed by atoms with E-state index < -0.39 is 0 Å². The zero-order chi connectivity index (χ0) is 10.6. The Morgan fingerprint density at radius 3 is 2.64 bits per heavy atom. The SMILES string of the molecule is O=CC(Br)=CNc1ccc(Br)cc1Br. The van der Waals surface area contributed by atoms with E-state index >= 15 is 0 Å². The summed E-state index contributed by atoms with van der Waals surface area (Å²) in [6.07, 6.45) is 2.31. The number of carbonyl (C=O) groups excluding carboxylic acids is 1. The van der Waals surface area contributed by atoms with Gasteiger partial charge in [0, 0.05) is 15.1 Å². The van der Waals surface area contributed by atoms with Gasteiger partial charge in [-0.2, -0.15) is 0 Å². The zero-order valence-electron chi connectivity index (χ0n) is 6.93. The van der Waals surface area contributed by atoms with E-state index in [1.165, 1.54) is 0 Å². The van der Waals surface area contributed by atoms with Crippen LogP contribution in [0, 0.1) is 0 Å². The predicted molar refractivity (Wildman–Crippen MR) is 68.5 cm³/mol. The second-order valence-electron chi connectivity index (χ2n) is 2.42. The average molecular weight is 384 g/mol. The second kappa shape index (κ2) is 5.68. The van der Waals surface area contributed by atoms with Crippen LogP contribution in [0.15, 0.2) is 37.8 Å². The molecule has 0 saturated heterocycles. The molecule has 0 heterocycles. The maximum absolute atomic E-state index is 10.3. The Balaban J connectivity index is 2.82. The summed E-state index contributed by atoms with van der Waals surface area (Å²) < 4.78 is 2.38. The van der Waals surface area contributed by atoms with Gasteiger partial charge in [0.15, 0.2) is 6.29 Å². The fourth-order valence-electron chi connectivity index (χ4n) is 0.787. The van der Waals surface area contributed by atoms with Crippen molar-refractivity contribution in [1.29, 1.82) is 0 Å². The summed E-state index contributed by atoms with van der Waals surface area (Å²) in [5.74, 6) is 0. The van der Waals surface area contributed by atoms with Crippen molar-refractivity contribution >= 4 is 59.8 Å². The summed E-state index contributed by atoms with van der Waals surface area (Å²) in [7, 11) is 0. The van der Waals surface area contributed by atoms with Gasteiger partial charge in [-0.25, -0.2) is 0 Å². The molecule has 1 aromatic rings. The van der Waals surface area contributed by atoms with Crippen LogP contribution >= 0.6 is 47.8 Å². The molecular formula is C9H6Br3NO. The molecular weight excluding hydrogens is 378 g/mol. The molecule has 0 fully saturated rings. The summed E-state index contributed by atoms with van der Waals surface area (Å²) in [5, 5.41) is 2.98. The second-order valence-corrected chi connectivity index (χ2v) is 5.10. The normalized spacial score (nSPS) is 11.2. The standard InChI is InChI=1S/C9H6Br3NO/c10-6-1-2-9(8(12)3-6)13-4-7(11)5-14/h1-5,13H. The van der Waals surface area contributed by atoms with Crippen LogP contribution in [0.1, 0.15) is 0 Å². The summed E-state index contributed by atoms with van der Waals surface area (Å²) >= 11 is 9.82. The van der Waals surface area contributed by atoms with Crippen LogP contribution in [0.25, 0.3) is 0 Å². The van der Waals surface area contributed by atoms with Crippen molar-refractivity contribution < 1.29 is 4.79 Å². The van der Waals surface area contributed by atoms with Crippen molar-refractivity contribution in [3.8, 4) is 0 Å². The smallest absolute Gasteiger partial charge is 0.158 e. The molecule has 0 amide bonds. The van der Waals surface area contributed by atoms with Crippen LogP contribution in [0.5, 0.6) is 0 Å². The molecule has 0 aliphatic rings. The van der Waals surface area contributed by atoms with Crippen molar-refractivity contribution in [2.75, 3.05) is 5.32 Å². The molecule has 0 aliphatic carbocycles. The number of anilines is 1. The van der Waals surface area contributed by atoms with Crippen molar-refractivity contribution in [2.24, 2.45) is 0 Å². The van der Waals surface area contributed by atoms with E-state index in [9.17, 15) is 4.79 Å². The predicted octanol–water partition coefficient (Wildman–Crippen LogP) is 4.06. The van der Waals surface area contributed by atoms with E-state index in [2.05, 4.69) is 53.1 Å². The van der Waals surface area contributed by atoms with Crippen LogP contribution in [0.4, 0.5) is 5.69 Å². The number of allylic oxidation sites excluding steroid dienone is 1. The molecule has 5 heteroatoms. The minimum atomic E-state index is 0.465. The van der Waals surface area contributed by atoms with Gasteiger partial charge in [-0.3, -0.25) is 4.79 Å². The third-order valence-corrected chi connectivity index (χ3v) is 2.97. The van der Waals surface area contributed by atoms with E-state index in [1.807, 2.05) is 18.2 Å². The Labute approximate surface area is 107 Å². The van der Waals surface area contributed by atoms with Crippen molar-refractivity contribution in [3.63, 3.8) is 0 Å². The summed E-state index contributed by atoms with van der Waals surface area (Å²) in [6, 6.07) is 5.73. The third kappa shape index (κ3) is 3.55. The maximum Gasteiger partial charge on any atom is 0.158 e. The van der Waals surface area contributed by atoms with Gasteiger partial charge in [-0.05, 0) is 50.1 Å². The molecule has 1 N–H and O–H groups in total. The molecule has 0 atom stereocenters. The lowest BCUT2D eigenvalue weighted by atomic mass is 10.3. The topological polar surface area (TPSA) is 29.1 Å². The molecule has 1 rings (SSSR count). The number of carbonyl (C=O) groups is 1. The number of rotatable bonds is 3. The number of halogens is 3. The zero-order valence-corrected chi connectivity index (χ0v) is 11.7. The van der Waals surface area contributed by atoms with Crippen molar-refractivity contribution in [2.45, 2.75) is 0 Å².